The molecule has 148 valence electrons. The number of hydrogen-bond acceptors (Lipinski definition) is 4. The van der Waals surface area contributed by atoms with Gasteiger partial charge in [-0.25, -0.2) is 4.39 Å². The topological polar surface area (TPSA) is 59.5 Å². The SMILES string of the molecule is O=C1C2=C(OC3CCC(F)CC13)C(=O)N(Cc1ccccc1)C2c1cccnc1. The number of fused-ring (bicyclic) bond motifs is 1. The minimum atomic E-state index is -1.000. The van der Waals surface area contributed by atoms with Crippen molar-refractivity contribution in [1.82, 2.24) is 9.88 Å². The van der Waals surface area contributed by atoms with Crippen molar-refractivity contribution in [2.75, 3.05) is 0 Å². The standard InChI is InChI=1S/C23H21FN2O3/c24-16-8-9-18-17(11-16)21(27)19-20(15-7-4-10-25-12-15)26(23(28)22(19)29-18)13-14-5-2-1-3-6-14/h1-7,10,12,16-18,20H,8-9,11,13H2. The van der Waals surface area contributed by atoms with Crippen LogP contribution in [0.25, 0.3) is 0 Å². The summed E-state index contributed by atoms with van der Waals surface area (Å²) >= 11 is 0. The van der Waals surface area contributed by atoms with Crippen LogP contribution in [0.2, 0.25) is 0 Å². The molecule has 1 saturated carbocycles. The summed E-state index contributed by atoms with van der Waals surface area (Å²) in [5.74, 6) is -0.831. The Hall–Kier alpha value is -3.02. The summed E-state index contributed by atoms with van der Waals surface area (Å²) in [6, 6.07) is 12.7. The van der Waals surface area contributed by atoms with Crippen molar-refractivity contribution in [3.8, 4) is 0 Å². The minimum Gasteiger partial charge on any atom is -0.483 e. The van der Waals surface area contributed by atoms with Crippen LogP contribution in [0.5, 0.6) is 0 Å². The summed E-state index contributed by atoms with van der Waals surface area (Å²) in [4.78, 5) is 32.6. The number of pyridine rings is 1. The fourth-order valence-corrected chi connectivity index (χ4v) is 4.69. The molecular weight excluding hydrogens is 371 g/mol. The largest absolute Gasteiger partial charge is 0.483 e. The highest BCUT2D eigenvalue weighted by Gasteiger charge is 2.52. The zero-order valence-corrected chi connectivity index (χ0v) is 15.8. The number of carbonyl (C=O) groups is 2. The van der Waals surface area contributed by atoms with Gasteiger partial charge in [-0.05, 0) is 36.5 Å². The Morgan fingerprint density at radius 1 is 1.10 bits per heavy atom. The lowest BCUT2D eigenvalue weighted by atomic mass is 9.77. The Bertz CT molecular complexity index is 976. The van der Waals surface area contributed by atoms with Crippen LogP contribution in [0.1, 0.15) is 36.4 Å². The number of aromatic nitrogens is 1. The highest BCUT2D eigenvalue weighted by Crippen LogP contribution is 2.47. The predicted octanol–water partition coefficient (Wildman–Crippen LogP) is 3.53. The van der Waals surface area contributed by atoms with E-state index in [0.717, 1.165) is 11.1 Å². The molecule has 1 fully saturated rings. The van der Waals surface area contributed by atoms with Gasteiger partial charge in [0.2, 0.25) is 0 Å². The van der Waals surface area contributed by atoms with E-state index in [0.29, 0.717) is 25.0 Å². The van der Waals surface area contributed by atoms with Gasteiger partial charge < -0.3 is 9.64 Å². The normalized spacial score (nSPS) is 28.8. The van der Waals surface area contributed by atoms with Gasteiger partial charge in [0, 0.05) is 18.9 Å². The Balaban J connectivity index is 1.57. The molecule has 1 aromatic carbocycles. The molecule has 5 nitrogen and oxygen atoms in total. The van der Waals surface area contributed by atoms with E-state index in [1.165, 1.54) is 0 Å². The van der Waals surface area contributed by atoms with Crippen molar-refractivity contribution in [3.05, 3.63) is 77.3 Å². The molecular formula is C23H21FN2O3. The van der Waals surface area contributed by atoms with Crippen molar-refractivity contribution in [2.45, 2.75) is 44.1 Å². The molecule has 1 aliphatic carbocycles. The van der Waals surface area contributed by atoms with Crippen LogP contribution in [-0.4, -0.2) is 33.8 Å². The van der Waals surface area contributed by atoms with Gasteiger partial charge in [-0.15, -0.1) is 0 Å². The monoisotopic (exact) mass is 392 g/mol. The molecule has 0 bridgehead atoms. The third kappa shape index (κ3) is 3.03. The van der Waals surface area contributed by atoms with Crippen LogP contribution in [0.3, 0.4) is 0 Å². The number of halogens is 1. The maximum Gasteiger partial charge on any atom is 0.290 e. The maximum absolute atomic E-state index is 14.0. The summed E-state index contributed by atoms with van der Waals surface area (Å²) in [7, 11) is 0. The lowest BCUT2D eigenvalue weighted by Gasteiger charge is -2.36. The zero-order chi connectivity index (χ0) is 20.0. The van der Waals surface area contributed by atoms with Gasteiger partial charge in [-0.1, -0.05) is 36.4 Å². The Morgan fingerprint density at radius 3 is 2.69 bits per heavy atom. The molecule has 1 aromatic heterocycles. The van der Waals surface area contributed by atoms with Crippen LogP contribution in [0.4, 0.5) is 4.39 Å². The number of alkyl halides is 1. The summed E-state index contributed by atoms with van der Waals surface area (Å²) in [6.07, 6.45) is 2.89. The molecule has 3 heterocycles. The Labute approximate surface area is 168 Å². The van der Waals surface area contributed by atoms with E-state index >= 15 is 0 Å². The Kier molecular flexibility index (Phi) is 4.42. The molecule has 2 aromatic rings. The van der Waals surface area contributed by atoms with E-state index in [4.69, 9.17) is 4.74 Å². The summed E-state index contributed by atoms with van der Waals surface area (Å²) < 4.78 is 20.1. The second-order valence-electron chi connectivity index (χ2n) is 7.89. The van der Waals surface area contributed by atoms with E-state index in [-0.39, 0.29) is 23.9 Å². The number of ether oxygens (including phenoxy) is 1. The van der Waals surface area contributed by atoms with E-state index in [2.05, 4.69) is 4.98 Å². The molecule has 29 heavy (non-hydrogen) atoms. The predicted molar refractivity (Wildman–Crippen MR) is 103 cm³/mol. The van der Waals surface area contributed by atoms with Crippen LogP contribution >= 0.6 is 0 Å². The van der Waals surface area contributed by atoms with E-state index in [9.17, 15) is 14.0 Å². The average Bonchev–Trinajstić information content (AvgIpc) is 3.02. The van der Waals surface area contributed by atoms with E-state index in [1.54, 1.807) is 23.4 Å². The lowest BCUT2D eigenvalue weighted by molar-refractivity contribution is -0.136. The van der Waals surface area contributed by atoms with Gasteiger partial charge in [-0.3, -0.25) is 14.6 Å². The van der Waals surface area contributed by atoms with Crippen LogP contribution in [0, 0.1) is 5.92 Å². The minimum absolute atomic E-state index is 0.137. The third-order valence-corrected chi connectivity index (χ3v) is 6.08. The van der Waals surface area contributed by atoms with E-state index in [1.807, 2.05) is 36.4 Å². The quantitative estimate of drug-likeness (QED) is 0.802. The molecule has 2 aliphatic heterocycles. The zero-order valence-electron chi connectivity index (χ0n) is 15.8. The molecule has 0 N–H and O–H groups in total. The van der Waals surface area contributed by atoms with Crippen molar-refractivity contribution < 1.29 is 18.7 Å². The average molecular weight is 392 g/mol. The van der Waals surface area contributed by atoms with E-state index < -0.39 is 24.2 Å². The highest BCUT2D eigenvalue weighted by atomic mass is 19.1. The summed E-state index contributed by atoms with van der Waals surface area (Å²) in [5, 5.41) is 0. The fraction of sp³-hybridized carbons (Fsp3) is 0.348. The summed E-state index contributed by atoms with van der Waals surface area (Å²) in [6.45, 7) is 0.351. The molecule has 0 saturated heterocycles. The first-order valence-corrected chi connectivity index (χ1v) is 9.97. The third-order valence-electron chi connectivity index (χ3n) is 6.08. The van der Waals surface area contributed by atoms with Gasteiger partial charge in [-0.2, -0.15) is 0 Å². The number of hydrogen-bond donors (Lipinski definition) is 0. The van der Waals surface area contributed by atoms with Crippen LogP contribution in [-0.2, 0) is 20.9 Å². The molecule has 0 spiro atoms. The van der Waals surface area contributed by atoms with Gasteiger partial charge >= 0.3 is 0 Å². The first kappa shape index (κ1) is 18.0. The smallest absolute Gasteiger partial charge is 0.290 e. The van der Waals surface area contributed by atoms with Gasteiger partial charge in [0.1, 0.15) is 12.3 Å². The van der Waals surface area contributed by atoms with Crippen molar-refractivity contribution in [1.29, 1.82) is 0 Å². The number of nitrogens with zero attached hydrogens (tertiary/aromatic N) is 2. The van der Waals surface area contributed by atoms with Crippen LogP contribution < -0.4 is 0 Å². The molecule has 3 aliphatic rings. The number of ketones is 1. The van der Waals surface area contributed by atoms with Crippen molar-refractivity contribution in [2.24, 2.45) is 5.92 Å². The molecule has 4 unspecified atom stereocenters. The number of Topliss-reactive ketones (excluding diaryl/α,β-unsaturated/α-hetero) is 1. The number of carbonyl (C=O) groups excluding carboxylic acids is 2. The maximum atomic E-state index is 14.0. The van der Waals surface area contributed by atoms with Crippen molar-refractivity contribution >= 4 is 11.7 Å². The summed E-state index contributed by atoms with van der Waals surface area (Å²) in [5.41, 5.74) is 2.07. The van der Waals surface area contributed by atoms with Gasteiger partial charge in [0.15, 0.2) is 11.5 Å². The van der Waals surface area contributed by atoms with Crippen LogP contribution in [0.15, 0.2) is 66.2 Å². The Morgan fingerprint density at radius 2 is 1.93 bits per heavy atom. The number of benzene rings is 1. The molecule has 0 radical (unpaired) electrons. The lowest BCUT2D eigenvalue weighted by Crippen LogP contribution is -2.42. The fourth-order valence-electron chi connectivity index (χ4n) is 4.69. The second-order valence-corrected chi connectivity index (χ2v) is 7.89. The number of amides is 1. The van der Waals surface area contributed by atoms with Crippen molar-refractivity contribution in [3.63, 3.8) is 0 Å². The molecule has 4 atom stereocenters. The highest BCUT2D eigenvalue weighted by molar-refractivity contribution is 6.11. The van der Waals surface area contributed by atoms with Gasteiger partial charge in [0.25, 0.3) is 5.91 Å². The second kappa shape index (κ2) is 7.10. The molecule has 1 amide bonds. The number of rotatable bonds is 3. The van der Waals surface area contributed by atoms with Gasteiger partial charge in [0.05, 0.1) is 17.5 Å². The first-order chi connectivity index (χ1) is 14.1. The molecule has 6 heteroatoms. The molecule has 5 rings (SSSR count). The first-order valence-electron chi connectivity index (χ1n) is 9.97.